The third kappa shape index (κ3) is 3.66. The fraction of sp³-hybridized carbons (Fsp3) is 0.125. The molecule has 1 aromatic heterocycles. The first-order valence-electron chi connectivity index (χ1n) is 9.29. The van der Waals surface area contributed by atoms with Gasteiger partial charge in [-0.15, -0.1) is 0 Å². The van der Waals surface area contributed by atoms with Gasteiger partial charge in [0.2, 0.25) is 5.91 Å². The van der Waals surface area contributed by atoms with Gasteiger partial charge in [0.25, 0.3) is 0 Å². The molecule has 0 aliphatic heterocycles. The predicted molar refractivity (Wildman–Crippen MR) is 120 cm³/mol. The molecule has 1 heterocycles. The number of nitrogens with zero attached hydrogens (tertiary/aromatic N) is 1. The first-order chi connectivity index (χ1) is 14.0. The lowest BCUT2D eigenvalue weighted by molar-refractivity contribution is 0.100. The standard InChI is InChI=1S/C24H21BrN2O2/c1-15-23(17-4-3-5-18(12-17)24(26)28)21-13-20(29-2)10-11-22(21)27(15)14-16-6-8-19(25)9-7-16/h3-13H,14H2,1-2H3,(H2,26,28). The van der Waals surface area contributed by atoms with Crippen LogP contribution in [0.15, 0.2) is 71.2 Å². The van der Waals surface area contributed by atoms with E-state index in [0.29, 0.717) is 5.56 Å². The van der Waals surface area contributed by atoms with Gasteiger partial charge in [-0.2, -0.15) is 0 Å². The monoisotopic (exact) mass is 448 g/mol. The Morgan fingerprint density at radius 2 is 1.83 bits per heavy atom. The zero-order valence-corrected chi connectivity index (χ0v) is 17.9. The third-order valence-electron chi connectivity index (χ3n) is 5.22. The van der Waals surface area contributed by atoms with E-state index in [1.54, 1.807) is 13.2 Å². The fourth-order valence-electron chi connectivity index (χ4n) is 3.76. The molecular weight excluding hydrogens is 428 g/mol. The average molecular weight is 449 g/mol. The molecule has 0 atom stereocenters. The van der Waals surface area contributed by atoms with Gasteiger partial charge in [0.1, 0.15) is 5.75 Å². The number of halogens is 1. The van der Waals surface area contributed by atoms with Crippen LogP contribution in [0.4, 0.5) is 0 Å². The number of fused-ring (bicyclic) bond motifs is 1. The molecule has 0 spiro atoms. The maximum Gasteiger partial charge on any atom is 0.248 e. The molecule has 29 heavy (non-hydrogen) atoms. The molecule has 3 aromatic carbocycles. The molecule has 0 radical (unpaired) electrons. The van der Waals surface area contributed by atoms with Crippen LogP contribution < -0.4 is 10.5 Å². The molecule has 2 N–H and O–H groups in total. The Morgan fingerprint density at radius 1 is 1.07 bits per heavy atom. The van der Waals surface area contributed by atoms with Crippen LogP contribution in [0.2, 0.25) is 0 Å². The summed E-state index contributed by atoms with van der Waals surface area (Å²) in [5.41, 5.74) is 11.5. The van der Waals surface area contributed by atoms with Crippen LogP contribution in [0.25, 0.3) is 22.0 Å². The normalized spacial score (nSPS) is 11.0. The van der Waals surface area contributed by atoms with Gasteiger partial charge in [-0.05, 0) is 60.5 Å². The van der Waals surface area contributed by atoms with Crippen LogP contribution >= 0.6 is 15.9 Å². The number of carbonyl (C=O) groups is 1. The van der Waals surface area contributed by atoms with E-state index in [2.05, 4.69) is 57.8 Å². The van der Waals surface area contributed by atoms with Gasteiger partial charge in [0, 0.05) is 38.7 Å². The summed E-state index contributed by atoms with van der Waals surface area (Å²) in [6, 6.07) is 21.9. The van der Waals surface area contributed by atoms with Gasteiger partial charge in [-0.1, -0.05) is 40.2 Å². The molecule has 0 saturated heterocycles. The van der Waals surface area contributed by atoms with E-state index < -0.39 is 5.91 Å². The van der Waals surface area contributed by atoms with Crippen molar-refractivity contribution in [3.63, 3.8) is 0 Å². The highest BCUT2D eigenvalue weighted by molar-refractivity contribution is 9.10. The largest absolute Gasteiger partial charge is 0.497 e. The van der Waals surface area contributed by atoms with Crippen LogP contribution in [-0.2, 0) is 6.54 Å². The number of rotatable bonds is 5. The van der Waals surface area contributed by atoms with Gasteiger partial charge in [0.05, 0.1) is 7.11 Å². The van der Waals surface area contributed by atoms with Crippen molar-refractivity contribution >= 4 is 32.7 Å². The highest BCUT2D eigenvalue weighted by Crippen LogP contribution is 2.37. The summed E-state index contributed by atoms with van der Waals surface area (Å²) in [6.07, 6.45) is 0. The Morgan fingerprint density at radius 3 is 2.52 bits per heavy atom. The lowest BCUT2D eigenvalue weighted by Crippen LogP contribution is -2.10. The van der Waals surface area contributed by atoms with Crippen molar-refractivity contribution in [3.05, 3.63) is 88.0 Å². The van der Waals surface area contributed by atoms with Crippen LogP contribution in [0, 0.1) is 6.92 Å². The molecule has 4 nitrogen and oxygen atoms in total. The SMILES string of the molecule is COc1ccc2c(c1)c(-c1cccc(C(N)=O)c1)c(C)n2Cc1ccc(Br)cc1. The van der Waals surface area contributed by atoms with E-state index in [4.69, 9.17) is 10.5 Å². The number of hydrogen-bond acceptors (Lipinski definition) is 2. The fourth-order valence-corrected chi connectivity index (χ4v) is 4.02. The number of amides is 1. The molecule has 146 valence electrons. The Hall–Kier alpha value is -3.05. The van der Waals surface area contributed by atoms with Crippen molar-refractivity contribution in [1.29, 1.82) is 0 Å². The lowest BCUT2D eigenvalue weighted by atomic mass is 10.00. The van der Waals surface area contributed by atoms with Gasteiger partial charge < -0.3 is 15.0 Å². The Kier molecular flexibility index (Phi) is 5.16. The van der Waals surface area contributed by atoms with Crippen LogP contribution in [0.1, 0.15) is 21.6 Å². The van der Waals surface area contributed by atoms with E-state index >= 15 is 0 Å². The number of benzene rings is 3. The summed E-state index contributed by atoms with van der Waals surface area (Å²) in [5.74, 6) is 0.367. The molecule has 0 bridgehead atoms. The second kappa shape index (κ2) is 7.76. The molecule has 4 aromatic rings. The van der Waals surface area contributed by atoms with Gasteiger partial charge >= 0.3 is 0 Å². The van der Waals surface area contributed by atoms with Crippen molar-refractivity contribution in [2.45, 2.75) is 13.5 Å². The molecule has 5 heteroatoms. The van der Waals surface area contributed by atoms with E-state index in [1.165, 1.54) is 5.56 Å². The molecule has 0 aliphatic rings. The third-order valence-corrected chi connectivity index (χ3v) is 5.75. The summed E-state index contributed by atoms with van der Waals surface area (Å²) in [7, 11) is 1.67. The molecule has 0 fully saturated rings. The number of primary amides is 1. The van der Waals surface area contributed by atoms with Crippen LogP contribution in [0.3, 0.4) is 0 Å². The molecule has 0 unspecified atom stereocenters. The second-order valence-electron chi connectivity index (χ2n) is 7.00. The molecule has 0 saturated carbocycles. The number of nitrogens with two attached hydrogens (primary N) is 1. The Labute approximate surface area is 178 Å². The maximum absolute atomic E-state index is 11.7. The first-order valence-corrected chi connectivity index (χ1v) is 10.1. The quantitative estimate of drug-likeness (QED) is 0.435. The number of carbonyl (C=O) groups excluding carboxylic acids is 1. The first kappa shape index (κ1) is 19.3. The second-order valence-corrected chi connectivity index (χ2v) is 7.92. The molecular formula is C24H21BrN2O2. The highest BCUT2D eigenvalue weighted by Gasteiger charge is 2.17. The predicted octanol–water partition coefficient (Wildman–Crippen LogP) is 5.54. The van der Waals surface area contributed by atoms with E-state index in [0.717, 1.165) is 44.5 Å². The summed E-state index contributed by atoms with van der Waals surface area (Å²) < 4.78 is 8.82. The molecule has 4 rings (SSSR count). The topological polar surface area (TPSA) is 57.2 Å². The number of ether oxygens (including phenoxy) is 1. The average Bonchev–Trinajstić information content (AvgIpc) is 3.00. The lowest BCUT2D eigenvalue weighted by Gasteiger charge is -2.10. The van der Waals surface area contributed by atoms with Crippen LogP contribution in [-0.4, -0.2) is 17.6 Å². The zero-order chi connectivity index (χ0) is 20.5. The summed E-state index contributed by atoms with van der Waals surface area (Å²) in [6.45, 7) is 2.86. The molecule has 1 amide bonds. The zero-order valence-electron chi connectivity index (χ0n) is 16.3. The summed E-state index contributed by atoms with van der Waals surface area (Å²) in [4.78, 5) is 11.7. The van der Waals surface area contributed by atoms with E-state index in [9.17, 15) is 4.79 Å². The number of hydrogen-bond donors (Lipinski definition) is 1. The van der Waals surface area contributed by atoms with Gasteiger partial charge in [-0.3, -0.25) is 4.79 Å². The van der Waals surface area contributed by atoms with Crippen molar-refractivity contribution in [1.82, 2.24) is 4.57 Å². The maximum atomic E-state index is 11.7. The summed E-state index contributed by atoms with van der Waals surface area (Å²) in [5, 5.41) is 1.08. The highest BCUT2D eigenvalue weighted by atomic mass is 79.9. The van der Waals surface area contributed by atoms with Crippen molar-refractivity contribution in [2.75, 3.05) is 7.11 Å². The van der Waals surface area contributed by atoms with Crippen LogP contribution in [0.5, 0.6) is 5.75 Å². The minimum Gasteiger partial charge on any atom is -0.497 e. The van der Waals surface area contributed by atoms with E-state index in [-0.39, 0.29) is 0 Å². The van der Waals surface area contributed by atoms with Crippen molar-refractivity contribution in [3.8, 4) is 16.9 Å². The van der Waals surface area contributed by atoms with E-state index in [1.807, 2.05) is 30.3 Å². The summed E-state index contributed by atoms with van der Waals surface area (Å²) >= 11 is 3.50. The molecule has 0 aliphatic carbocycles. The Bertz CT molecular complexity index is 1210. The minimum absolute atomic E-state index is 0.430. The van der Waals surface area contributed by atoms with Crippen molar-refractivity contribution in [2.24, 2.45) is 5.73 Å². The van der Waals surface area contributed by atoms with Gasteiger partial charge in [0.15, 0.2) is 0 Å². The number of methoxy groups -OCH3 is 1. The number of aromatic nitrogens is 1. The Balaban J connectivity index is 1.93. The smallest absolute Gasteiger partial charge is 0.248 e. The minimum atomic E-state index is -0.430. The van der Waals surface area contributed by atoms with Gasteiger partial charge in [-0.25, -0.2) is 0 Å². The van der Waals surface area contributed by atoms with Crippen molar-refractivity contribution < 1.29 is 9.53 Å².